The van der Waals surface area contributed by atoms with E-state index in [9.17, 15) is 9.50 Å². The molecule has 0 saturated carbocycles. The fourth-order valence-corrected chi connectivity index (χ4v) is 2.20. The van der Waals surface area contributed by atoms with Crippen LogP contribution in [0.2, 0.25) is 5.02 Å². The summed E-state index contributed by atoms with van der Waals surface area (Å²) in [4.78, 5) is 1.99. The Morgan fingerprint density at radius 2 is 1.90 bits per heavy atom. The summed E-state index contributed by atoms with van der Waals surface area (Å²) in [6.07, 6.45) is -0.740. The third-order valence-electron chi connectivity index (χ3n) is 3.11. The van der Waals surface area contributed by atoms with E-state index in [1.807, 2.05) is 42.3 Å². The van der Waals surface area contributed by atoms with Crippen LogP contribution in [0.25, 0.3) is 0 Å². The van der Waals surface area contributed by atoms with Crippen LogP contribution in [-0.4, -0.2) is 23.6 Å². The average molecular weight is 294 g/mol. The zero-order valence-electron chi connectivity index (χ0n) is 11.3. The standard InChI is InChI=1S/C16H17ClFNO/c1-19(10-12-5-3-2-4-6-12)11-16(20)13-7-8-14(17)15(18)9-13/h2-9,16,20H,10-11H2,1H3. The van der Waals surface area contributed by atoms with Crippen molar-refractivity contribution >= 4 is 11.6 Å². The topological polar surface area (TPSA) is 23.5 Å². The fraction of sp³-hybridized carbons (Fsp3) is 0.250. The Bertz CT molecular complexity index is 562. The van der Waals surface area contributed by atoms with Gasteiger partial charge in [0, 0.05) is 13.1 Å². The normalized spacial score (nSPS) is 12.7. The fourth-order valence-electron chi connectivity index (χ4n) is 2.08. The van der Waals surface area contributed by atoms with Crippen LogP contribution >= 0.6 is 11.6 Å². The van der Waals surface area contributed by atoms with E-state index in [1.54, 1.807) is 6.07 Å². The van der Waals surface area contributed by atoms with Crippen molar-refractivity contribution in [3.8, 4) is 0 Å². The summed E-state index contributed by atoms with van der Waals surface area (Å²) in [5, 5.41) is 10.2. The molecule has 0 aromatic heterocycles. The Kier molecular flexibility index (Phi) is 5.12. The molecule has 0 radical (unpaired) electrons. The van der Waals surface area contributed by atoms with Gasteiger partial charge in [-0.25, -0.2) is 4.39 Å². The molecule has 2 aromatic rings. The van der Waals surface area contributed by atoms with Gasteiger partial charge in [-0.15, -0.1) is 0 Å². The first-order valence-electron chi connectivity index (χ1n) is 6.42. The minimum atomic E-state index is -0.740. The highest BCUT2D eigenvalue weighted by Gasteiger charge is 2.13. The number of rotatable bonds is 5. The van der Waals surface area contributed by atoms with Gasteiger partial charge in [-0.1, -0.05) is 48.0 Å². The summed E-state index contributed by atoms with van der Waals surface area (Å²) in [5.41, 5.74) is 1.70. The van der Waals surface area contributed by atoms with Crippen molar-refractivity contribution in [2.24, 2.45) is 0 Å². The van der Waals surface area contributed by atoms with Crippen LogP contribution in [0, 0.1) is 5.82 Å². The highest BCUT2D eigenvalue weighted by Crippen LogP contribution is 2.21. The van der Waals surface area contributed by atoms with E-state index in [-0.39, 0.29) is 5.02 Å². The second kappa shape index (κ2) is 6.84. The Hall–Kier alpha value is -1.42. The monoisotopic (exact) mass is 293 g/mol. The molecule has 2 aromatic carbocycles. The van der Waals surface area contributed by atoms with Crippen molar-refractivity contribution in [1.82, 2.24) is 4.90 Å². The third kappa shape index (κ3) is 4.04. The van der Waals surface area contributed by atoms with Crippen molar-refractivity contribution in [3.05, 3.63) is 70.5 Å². The number of hydrogen-bond donors (Lipinski definition) is 1. The molecule has 0 saturated heterocycles. The maximum atomic E-state index is 13.4. The first-order valence-corrected chi connectivity index (χ1v) is 6.79. The molecule has 0 aliphatic carbocycles. The predicted molar refractivity (Wildman–Crippen MR) is 79.1 cm³/mol. The van der Waals surface area contributed by atoms with Crippen LogP contribution in [0.1, 0.15) is 17.2 Å². The number of aliphatic hydroxyl groups excluding tert-OH is 1. The lowest BCUT2D eigenvalue weighted by Gasteiger charge is -2.21. The molecule has 0 bridgehead atoms. The smallest absolute Gasteiger partial charge is 0.142 e. The number of benzene rings is 2. The number of halogens is 2. The van der Waals surface area contributed by atoms with Gasteiger partial charge in [0.15, 0.2) is 0 Å². The molecule has 4 heteroatoms. The third-order valence-corrected chi connectivity index (χ3v) is 3.41. The zero-order valence-corrected chi connectivity index (χ0v) is 12.0. The van der Waals surface area contributed by atoms with Gasteiger partial charge in [-0.05, 0) is 30.3 Å². The minimum Gasteiger partial charge on any atom is -0.387 e. The van der Waals surface area contributed by atoms with Gasteiger partial charge in [-0.3, -0.25) is 4.90 Å². The van der Waals surface area contributed by atoms with Crippen molar-refractivity contribution in [2.45, 2.75) is 12.6 Å². The average Bonchev–Trinajstić information content (AvgIpc) is 2.42. The van der Waals surface area contributed by atoms with Gasteiger partial charge < -0.3 is 5.11 Å². The van der Waals surface area contributed by atoms with Crippen LogP contribution in [0.15, 0.2) is 48.5 Å². The maximum Gasteiger partial charge on any atom is 0.142 e. The number of aliphatic hydroxyl groups is 1. The van der Waals surface area contributed by atoms with Gasteiger partial charge in [0.2, 0.25) is 0 Å². The lowest BCUT2D eigenvalue weighted by molar-refractivity contribution is 0.123. The molecule has 2 rings (SSSR count). The van der Waals surface area contributed by atoms with Crippen molar-refractivity contribution in [2.75, 3.05) is 13.6 Å². The molecule has 2 nitrogen and oxygen atoms in total. The van der Waals surface area contributed by atoms with E-state index < -0.39 is 11.9 Å². The molecule has 1 unspecified atom stereocenters. The van der Waals surface area contributed by atoms with Gasteiger partial charge >= 0.3 is 0 Å². The van der Waals surface area contributed by atoms with Crippen molar-refractivity contribution in [1.29, 1.82) is 0 Å². The van der Waals surface area contributed by atoms with Gasteiger partial charge in [-0.2, -0.15) is 0 Å². The maximum absolute atomic E-state index is 13.4. The van der Waals surface area contributed by atoms with Gasteiger partial charge in [0.25, 0.3) is 0 Å². The molecule has 0 spiro atoms. The quantitative estimate of drug-likeness (QED) is 0.910. The lowest BCUT2D eigenvalue weighted by atomic mass is 10.1. The minimum absolute atomic E-state index is 0.0681. The van der Waals surface area contributed by atoms with E-state index in [0.717, 1.165) is 6.54 Å². The molecule has 106 valence electrons. The van der Waals surface area contributed by atoms with Crippen LogP contribution in [0.3, 0.4) is 0 Å². The Labute approximate surface area is 123 Å². The Morgan fingerprint density at radius 3 is 2.55 bits per heavy atom. The molecule has 1 N–H and O–H groups in total. The summed E-state index contributed by atoms with van der Waals surface area (Å²) < 4.78 is 13.4. The first kappa shape index (κ1) is 15.0. The predicted octanol–water partition coefficient (Wildman–Crippen LogP) is 3.64. The van der Waals surface area contributed by atoms with Crippen molar-refractivity contribution in [3.63, 3.8) is 0 Å². The molecule has 1 atom stereocenters. The lowest BCUT2D eigenvalue weighted by Crippen LogP contribution is -2.24. The van der Waals surface area contributed by atoms with Gasteiger partial charge in [0.05, 0.1) is 11.1 Å². The van der Waals surface area contributed by atoms with Crippen LogP contribution in [0.5, 0.6) is 0 Å². The second-order valence-electron chi connectivity index (χ2n) is 4.87. The number of likely N-dealkylation sites (N-methyl/N-ethyl adjacent to an activating group) is 1. The van der Waals surface area contributed by atoms with Crippen LogP contribution < -0.4 is 0 Å². The first-order chi connectivity index (χ1) is 9.56. The summed E-state index contributed by atoms with van der Waals surface area (Å²) >= 11 is 5.63. The molecular weight excluding hydrogens is 277 g/mol. The highest BCUT2D eigenvalue weighted by atomic mass is 35.5. The molecular formula is C16H17ClFNO. The van der Waals surface area contributed by atoms with Gasteiger partial charge in [0.1, 0.15) is 5.82 Å². The SMILES string of the molecule is CN(Cc1ccccc1)CC(O)c1ccc(Cl)c(F)c1. The van der Waals surface area contributed by atoms with E-state index in [2.05, 4.69) is 0 Å². The largest absolute Gasteiger partial charge is 0.387 e. The van der Waals surface area contributed by atoms with Crippen LogP contribution in [0.4, 0.5) is 4.39 Å². The number of nitrogens with zero attached hydrogens (tertiary/aromatic N) is 1. The Balaban J connectivity index is 1.96. The van der Waals surface area contributed by atoms with Crippen LogP contribution in [-0.2, 0) is 6.54 Å². The van der Waals surface area contributed by atoms with E-state index in [0.29, 0.717) is 12.1 Å². The second-order valence-corrected chi connectivity index (χ2v) is 5.28. The summed E-state index contributed by atoms with van der Waals surface area (Å²) in [5.74, 6) is -0.506. The molecule has 20 heavy (non-hydrogen) atoms. The Morgan fingerprint density at radius 1 is 1.20 bits per heavy atom. The molecule has 0 aliphatic heterocycles. The number of hydrogen-bond acceptors (Lipinski definition) is 2. The molecule has 0 amide bonds. The zero-order chi connectivity index (χ0) is 14.5. The molecule has 0 aliphatic rings. The molecule has 0 heterocycles. The van der Waals surface area contributed by atoms with E-state index in [4.69, 9.17) is 11.6 Å². The summed E-state index contributed by atoms with van der Waals surface area (Å²) in [6.45, 7) is 1.16. The van der Waals surface area contributed by atoms with Crippen molar-refractivity contribution < 1.29 is 9.50 Å². The van der Waals surface area contributed by atoms with E-state index >= 15 is 0 Å². The van der Waals surface area contributed by atoms with E-state index in [1.165, 1.54) is 17.7 Å². The molecule has 0 fully saturated rings. The summed E-state index contributed by atoms with van der Waals surface area (Å²) in [7, 11) is 1.92. The summed E-state index contributed by atoms with van der Waals surface area (Å²) in [6, 6.07) is 14.4. The highest BCUT2D eigenvalue weighted by molar-refractivity contribution is 6.30.